The minimum Gasteiger partial charge on any atom is -0.494 e. The average molecular weight is 424 g/mol. The molecule has 170 valence electrons. The molecule has 1 aromatic carbocycles. The number of ether oxygens (including phenoxy) is 2. The minimum atomic E-state index is -0.250. The Kier molecular flexibility index (Phi) is 11.8. The van der Waals surface area contributed by atoms with Crippen LogP contribution in [0.15, 0.2) is 24.3 Å². The largest absolute Gasteiger partial charge is 0.494 e. The van der Waals surface area contributed by atoms with Crippen molar-refractivity contribution in [3.8, 4) is 11.5 Å². The first-order valence-corrected chi connectivity index (χ1v) is 10.4. The fourth-order valence-electron chi connectivity index (χ4n) is 3.53. The van der Waals surface area contributed by atoms with Crippen LogP contribution >= 0.6 is 0 Å². The molecule has 8 nitrogen and oxygen atoms in total. The van der Waals surface area contributed by atoms with Gasteiger partial charge in [-0.15, -0.1) is 0 Å². The van der Waals surface area contributed by atoms with Gasteiger partial charge in [0.1, 0.15) is 18.1 Å². The van der Waals surface area contributed by atoms with Crippen molar-refractivity contribution < 1.29 is 24.2 Å². The van der Waals surface area contributed by atoms with E-state index in [1.807, 2.05) is 43.1 Å². The van der Waals surface area contributed by atoms with Crippen LogP contribution in [-0.2, 0) is 9.59 Å². The van der Waals surface area contributed by atoms with Crippen molar-refractivity contribution in [3.05, 3.63) is 24.3 Å². The van der Waals surface area contributed by atoms with E-state index < -0.39 is 0 Å². The summed E-state index contributed by atoms with van der Waals surface area (Å²) in [4.78, 5) is 27.6. The summed E-state index contributed by atoms with van der Waals surface area (Å²) in [6, 6.07) is 8.11. The van der Waals surface area contributed by atoms with Crippen LogP contribution in [0.3, 0.4) is 0 Å². The van der Waals surface area contributed by atoms with E-state index in [0.29, 0.717) is 25.8 Å². The molecule has 1 aromatic rings. The molecule has 1 heterocycles. The molecule has 8 heteroatoms. The quantitative estimate of drug-likeness (QED) is 0.640. The van der Waals surface area contributed by atoms with Crippen LogP contribution in [0.5, 0.6) is 11.5 Å². The van der Waals surface area contributed by atoms with Crippen molar-refractivity contribution in [1.82, 2.24) is 14.7 Å². The van der Waals surface area contributed by atoms with Gasteiger partial charge in [-0.25, -0.2) is 0 Å². The van der Waals surface area contributed by atoms with Gasteiger partial charge in [-0.2, -0.15) is 0 Å². The van der Waals surface area contributed by atoms with Gasteiger partial charge in [0.15, 0.2) is 0 Å². The number of carboxylic acid groups (broad SMARTS) is 1. The summed E-state index contributed by atoms with van der Waals surface area (Å²) >= 11 is 0. The number of carbonyl (C=O) groups excluding carboxylic acids is 1. The maximum absolute atomic E-state index is 12.8. The third-order valence-corrected chi connectivity index (χ3v) is 5.19. The lowest BCUT2D eigenvalue weighted by Gasteiger charge is -2.26. The standard InChI is InChI=1S/C21H35N3O3.CH2O2/c1-6-26-19-9-11-20(12-10-19)27-14-13-24(5)21(25)17-7-8-18(22(2)3)16-23(4)15-17;2-1-3/h9-12,17-18H,6-8,13-16H2,1-5H3;1H,(H,2,3)/t17-,18+;/m1./s1. The van der Waals surface area contributed by atoms with Gasteiger partial charge < -0.3 is 29.3 Å². The molecule has 0 unspecified atom stereocenters. The van der Waals surface area contributed by atoms with E-state index in [0.717, 1.165) is 37.4 Å². The Balaban J connectivity index is 0.00000141. The van der Waals surface area contributed by atoms with Crippen molar-refractivity contribution >= 4 is 12.4 Å². The predicted octanol–water partition coefficient (Wildman–Crippen LogP) is 1.90. The van der Waals surface area contributed by atoms with Gasteiger partial charge in [0, 0.05) is 26.2 Å². The normalized spacial score (nSPS) is 19.3. The molecule has 0 radical (unpaired) electrons. The van der Waals surface area contributed by atoms with Gasteiger partial charge in [0.25, 0.3) is 6.47 Å². The van der Waals surface area contributed by atoms with Crippen LogP contribution in [0.2, 0.25) is 0 Å². The van der Waals surface area contributed by atoms with Crippen molar-refractivity contribution in [1.29, 1.82) is 0 Å². The molecule has 0 saturated carbocycles. The number of carbonyl (C=O) groups is 2. The second-order valence-corrected chi connectivity index (χ2v) is 7.73. The van der Waals surface area contributed by atoms with Crippen LogP contribution in [0.25, 0.3) is 0 Å². The Morgan fingerprint density at radius 3 is 2.23 bits per heavy atom. The van der Waals surface area contributed by atoms with Crippen molar-refractivity contribution in [2.45, 2.75) is 25.8 Å². The number of benzene rings is 1. The topological polar surface area (TPSA) is 82.6 Å². The number of amides is 1. The predicted molar refractivity (Wildman–Crippen MR) is 117 cm³/mol. The Bertz CT molecular complexity index is 624. The molecule has 30 heavy (non-hydrogen) atoms. The number of nitrogens with zero attached hydrogens (tertiary/aromatic N) is 3. The summed E-state index contributed by atoms with van der Waals surface area (Å²) in [5.41, 5.74) is 0. The summed E-state index contributed by atoms with van der Waals surface area (Å²) in [6.45, 7) is 5.28. The van der Waals surface area contributed by atoms with Crippen LogP contribution < -0.4 is 9.47 Å². The number of rotatable bonds is 8. The van der Waals surface area contributed by atoms with Crippen LogP contribution in [0.4, 0.5) is 0 Å². The number of hydrogen-bond donors (Lipinski definition) is 1. The third kappa shape index (κ3) is 9.00. The van der Waals surface area contributed by atoms with Gasteiger partial charge >= 0.3 is 0 Å². The van der Waals surface area contributed by atoms with Crippen LogP contribution in [-0.4, -0.2) is 99.3 Å². The first-order chi connectivity index (χ1) is 14.3. The van der Waals surface area contributed by atoms with Crippen molar-refractivity contribution in [3.63, 3.8) is 0 Å². The maximum atomic E-state index is 12.8. The van der Waals surface area contributed by atoms with Gasteiger partial charge in [-0.1, -0.05) is 0 Å². The van der Waals surface area contributed by atoms with Crippen LogP contribution in [0.1, 0.15) is 19.8 Å². The lowest BCUT2D eigenvalue weighted by atomic mass is 10.00. The molecule has 1 N–H and O–H groups in total. The number of likely N-dealkylation sites (N-methyl/N-ethyl adjacent to an activating group) is 3. The number of hydrogen-bond acceptors (Lipinski definition) is 6. The summed E-state index contributed by atoms with van der Waals surface area (Å²) in [5.74, 6) is 1.92. The van der Waals surface area contributed by atoms with E-state index in [2.05, 4.69) is 30.9 Å². The Hall–Kier alpha value is -2.32. The molecule has 1 aliphatic rings. The minimum absolute atomic E-state index is 0.0652. The highest BCUT2D eigenvalue weighted by atomic mass is 16.5. The van der Waals surface area contributed by atoms with Crippen molar-refractivity contribution in [2.75, 3.05) is 61.0 Å². The Morgan fingerprint density at radius 1 is 1.13 bits per heavy atom. The van der Waals surface area contributed by atoms with E-state index in [1.165, 1.54) is 0 Å². The smallest absolute Gasteiger partial charge is 0.290 e. The zero-order chi connectivity index (χ0) is 22.5. The fraction of sp³-hybridized carbons (Fsp3) is 0.636. The highest BCUT2D eigenvalue weighted by Crippen LogP contribution is 2.20. The third-order valence-electron chi connectivity index (χ3n) is 5.19. The fourth-order valence-corrected chi connectivity index (χ4v) is 3.53. The van der Waals surface area contributed by atoms with Crippen molar-refractivity contribution in [2.24, 2.45) is 5.92 Å². The molecular weight excluding hydrogens is 386 g/mol. The summed E-state index contributed by atoms with van der Waals surface area (Å²) in [5, 5.41) is 6.89. The van der Waals surface area contributed by atoms with Gasteiger partial charge in [-0.05, 0) is 65.2 Å². The van der Waals surface area contributed by atoms with E-state index in [9.17, 15) is 4.79 Å². The molecule has 0 aliphatic carbocycles. The summed E-state index contributed by atoms with van der Waals surface area (Å²) in [7, 11) is 8.21. The first-order valence-electron chi connectivity index (χ1n) is 10.4. The second-order valence-electron chi connectivity index (χ2n) is 7.73. The molecule has 1 saturated heterocycles. The summed E-state index contributed by atoms with van der Waals surface area (Å²) in [6.07, 6.45) is 2.00. The highest BCUT2D eigenvalue weighted by molar-refractivity contribution is 5.78. The molecule has 0 aromatic heterocycles. The number of likely N-dealkylation sites (tertiary alicyclic amines) is 1. The van der Waals surface area contributed by atoms with E-state index in [4.69, 9.17) is 19.4 Å². The Morgan fingerprint density at radius 2 is 1.70 bits per heavy atom. The second kappa shape index (κ2) is 13.8. The monoisotopic (exact) mass is 423 g/mol. The van der Waals surface area contributed by atoms with Gasteiger partial charge in [0.2, 0.25) is 5.91 Å². The highest BCUT2D eigenvalue weighted by Gasteiger charge is 2.29. The lowest BCUT2D eigenvalue weighted by Crippen LogP contribution is -2.40. The van der Waals surface area contributed by atoms with E-state index in [1.54, 1.807) is 0 Å². The van der Waals surface area contributed by atoms with E-state index in [-0.39, 0.29) is 18.3 Å². The molecule has 2 rings (SSSR count). The molecule has 0 spiro atoms. The van der Waals surface area contributed by atoms with Gasteiger partial charge in [-0.3, -0.25) is 9.59 Å². The zero-order valence-electron chi connectivity index (χ0n) is 18.9. The molecule has 2 atom stereocenters. The Labute approximate surface area is 180 Å². The molecule has 1 fully saturated rings. The van der Waals surface area contributed by atoms with Gasteiger partial charge in [0.05, 0.1) is 19.1 Å². The molecular formula is C22H37N3O5. The SMILES string of the molecule is CCOc1ccc(OCCN(C)C(=O)[C@@H]2CC[C@H](N(C)C)CN(C)C2)cc1.O=CO. The van der Waals surface area contributed by atoms with E-state index >= 15 is 0 Å². The molecule has 1 aliphatic heterocycles. The molecule has 1 amide bonds. The first kappa shape index (κ1) is 25.7. The lowest BCUT2D eigenvalue weighted by molar-refractivity contribution is -0.135. The van der Waals surface area contributed by atoms with Crippen LogP contribution in [0, 0.1) is 5.92 Å². The molecule has 0 bridgehead atoms. The summed E-state index contributed by atoms with van der Waals surface area (Å²) < 4.78 is 11.2. The maximum Gasteiger partial charge on any atom is 0.290 e. The average Bonchev–Trinajstić information content (AvgIpc) is 2.91. The zero-order valence-corrected chi connectivity index (χ0v) is 18.9.